The van der Waals surface area contributed by atoms with Crippen LogP contribution < -0.4 is 10.1 Å². The van der Waals surface area contributed by atoms with E-state index in [2.05, 4.69) is 28.9 Å². The van der Waals surface area contributed by atoms with Crippen LogP contribution in [0.15, 0.2) is 6.20 Å². The highest BCUT2D eigenvalue weighted by Gasteiger charge is 2.44. The van der Waals surface area contributed by atoms with Crippen LogP contribution in [-0.4, -0.2) is 23.4 Å². The van der Waals surface area contributed by atoms with Crippen molar-refractivity contribution in [2.75, 3.05) is 13.7 Å². The monoisotopic (exact) mass is 291 g/mol. The topological polar surface area (TPSA) is 39.1 Å². The van der Waals surface area contributed by atoms with Crippen LogP contribution >= 0.6 is 0 Å². The molecule has 0 saturated heterocycles. The molecule has 4 unspecified atom stereocenters. The summed E-state index contributed by atoms with van der Waals surface area (Å²) in [6, 6.07) is 0.401. The fraction of sp³-hybridized carbons (Fsp3) is 0.824. The second kappa shape index (κ2) is 6.39. The van der Waals surface area contributed by atoms with Crippen LogP contribution in [0.2, 0.25) is 0 Å². The Bertz CT molecular complexity index is 449. The number of hydrogen-bond acceptors (Lipinski definition) is 3. The molecule has 3 rings (SSSR count). The summed E-state index contributed by atoms with van der Waals surface area (Å²) in [4.78, 5) is 0. The van der Waals surface area contributed by atoms with Gasteiger partial charge in [-0.3, -0.25) is 4.68 Å². The molecule has 1 aromatic rings. The summed E-state index contributed by atoms with van der Waals surface area (Å²) in [6.45, 7) is 6.37. The molecule has 0 radical (unpaired) electrons. The molecule has 2 aliphatic carbocycles. The van der Waals surface area contributed by atoms with Crippen LogP contribution in [0.5, 0.6) is 5.75 Å². The Labute approximate surface area is 128 Å². The van der Waals surface area contributed by atoms with Gasteiger partial charge >= 0.3 is 0 Å². The molecular formula is C17H29N3O. The molecule has 4 heteroatoms. The van der Waals surface area contributed by atoms with Crippen molar-refractivity contribution in [3.63, 3.8) is 0 Å². The molecule has 1 aromatic heterocycles. The molecule has 0 amide bonds. The first-order chi connectivity index (χ1) is 10.3. The number of nitrogens with one attached hydrogen (secondary N) is 1. The van der Waals surface area contributed by atoms with Crippen molar-refractivity contribution in [3.05, 3.63) is 11.9 Å². The number of hydrogen-bond donors (Lipinski definition) is 1. The van der Waals surface area contributed by atoms with Crippen molar-refractivity contribution in [2.45, 2.75) is 58.5 Å². The first kappa shape index (κ1) is 14.9. The molecule has 2 saturated carbocycles. The Morgan fingerprint density at radius 3 is 2.81 bits per heavy atom. The van der Waals surface area contributed by atoms with E-state index in [-0.39, 0.29) is 0 Å². The summed E-state index contributed by atoms with van der Waals surface area (Å²) >= 11 is 0. The maximum atomic E-state index is 5.61. The Hall–Kier alpha value is -1.03. The molecule has 0 spiro atoms. The van der Waals surface area contributed by atoms with Gasteiger partial charge in [0.15, 0.2) is 5.75 Å². The fourth-order valence-corrected chi connectivity index (χ4v) is 4.55. The molecule has 2 fully saturated rings. The summed E-state index contributed by atoms with van der Waals surface area (Å²) in [6.07, 6.45) is 8.74. The number of aromatic nitrogens is 2. The highest BCUT2D eigenvalue weighted by Crippen LogP contribution is 2.53. The van der Waals surface area contributed by atoms with E-state index in [4.69, 9.17) is 4.74 Å². The number of ether oxygens (including phenoxy) is 1. The second-order valence-corrected chi connectivity index (χ2v) is 6.68. The van der Waals surface area contributed by atoms with E-state index in [0.29, 0.717) is 6.04 Å². The van der Waals surface area contributed by atoms with Crippen LogP contribution in [0.1, 0.15) is 57.7 Å². The standard InChI is InChI=1S/C17H29N3O/c1-4-8-18-16(14-10-12-6-7-13(14)9-12)17-15(21-3)11-19-20(17)5-2/h11-14,16,18H,4-10H2,1-3H3. The zero-order chi connectivity index (χ0) is 14.8. The fourth-order valence-electron chi connectivity index (χ4n) is 4.55. The SMILES string of the molecule is CCCNC(c1c(OC)cnn1CC)C1CC2CCC1C2. The van der Waals surface area contributed by atoms with Crippen molar-refractivity contribution in [1.82, 2.24) is 15.1 Å². The molecule has 4 atom stereocenters. The molecular weight excluding hydrogens is 262 g/mol. The van der Waals surface area contributed by atoms with E-state index in [1.54, 1.807) is 7.11 Å². The van der Waals surface area contributed by atoms with Crippen LogP contribution in [0.25, 0.3) is 0 Å². The van der Waals surface area contributed by atoms with Crippen LogP contribution in [-0.2, 0) is 6.54 Å². The normalized spacial score (nSPS) is 29.0. The lowest BCUT2D eigenvalue weighted by Crippen LogP contribution is -2.34. The Balaban J connectivity index is 1.90. The Kier molecular flexibility index (Phi) is 4.53. The largest absolute Gasteiger partial charge is 0.493 e. The van der Waals surface area contributed by atoms with E-state index in [9.17, 15) is 0 Å². The Morgan fingerprint density at radius 1 is 1.38 bits per heavy atom. The minimum absolute atomic E-state index is 0.401. The minimum atomic E-state index is 0.401. The van der Waals surface area contributed by atoms with Gasteiger partial charge in [-0.05, 0) is 56.9 Å². The average molecular weight is 291 g/mol. The van der Waals surface area contributed by atoms with Crippen LogP contribution in [0, 0.1) is 17.8 Å². The van der Waals surface area contributed by atoms with Crippen molar-refractivity contribution in [2.24, 2.45) is 17.8 Å². The van der Waals surface area contributed by atoms with Gasteiger partial charge in [-0.25, -0.2) is 0 Å². The highest BCUT2D eigenvalue weighted by atomic mass is 16.5. The summed E-state index contributed by atoms with van der Waals surface area (Å²) in [5.41, 5.74) is 1.27. The van der Waals surface area contributed by atoms with E-state index < -0.39 is 0 Å². The number of methoxy groups -OCH3 is 1. The molecule has 4 nitrogen and oxygen atoms in total. The van der Waals surface area contributed by atoms with Crippen LogP contribution in [0.4, 0.5) is 0 Å². The maximum absolute atomic E-state index is 5.61. The van der Waals surface area contributed by atoms with E-state index in [0.717, 1.165) is 36.6 Å². The number of rotatable bonds is 7. The third-order valence-electron chi connectivity index (χ3n) is 5.49. The van der Waals surface area contributed by atoms with Gasteiger partial charge < -0.3 is 10.1 Å². The summed E-state index contributed by atoms with van der Waals surface area (Å²) in [5.74, 6) is 3.57. The summed E-state index contributed by atoms with van der Waals surface area (Å²) < 4.78 is 7.73. The summed E-state index contributed by atoms with van der Waals surface area (Å²) in [7, 11) is 1.76. The molecule has 2 aliphatic rings. The van der Waals surface area contributed by atoms with Crippen molar-refractivity contribution in [1.29, 1.82) is 0 Å². The van der Waals surface area contributed by atoms with E-state index in [1.807, 2.05) is 6.20 Å². The predicted octanol–water partition coefficient (Wildman–Crippen LogP) is 3.39. The van der Waals surface area contributed by atoms with E-state index in [1.165, 1.54) is 37.8 Å². The smallest absolute Gasteiger partial charge is 0.161 e. The average Bonchev–Trinajstić information content (AvgIpc) is 3.22. The third kappa shape index (κ3) is 2.70. The predicted molar refractivity (Wildman–Crippen MR) is 84.4 cm³/mol. The molecule has 2 bridgehead atoms. The van der Waals surface area contributed by atoms with Crippen molar-refractivity contribution < 1.29 is 4.74 Å². The first-order valence-corrected chi connectivity index (χ1v) is 8.61. The van der Waals surface area contributed by atoms with Crippen molar-refractivity contribution >= 4 is 0 Å². The lowest BCUT2D eigenvalue weighted by Gasteiger charge is -2.32. The number of aryl methyl sites for hydroxylation is 1. The van der Waals surface area contributed by atoms with Crippen molar-refractivity contribution in [3.8, 4) is 5.75 Å². The lowest BCUT2D eigenvalue weighted by molar-refractivity contribution is 0.236. The lowest BCUT2D eigenvalue weighted by atomic mass is 9.81. The second-order valence-electron chi connectivity index (χ2n) is 6.68. The van der Waals surface area contributed by atoms with E-state index >= 15 is 0 Å². The maximum Gasteiger partial charge on any atom is 0.161 e. The van der Waals surface area contributed by atoms with Gasteiger partial charge in [-0.2, -0.15) is 5.10 Å². The first-order valence-electron chi connectivity index (χ1n) is 8.61. The highest BCUT2D eigenvalue weighted by molar-refractivity contribution is 5.29. The number of fused-ring (bicyclic) bond motifs is 2. The molecule has 0 aromatic carbocycles. The zero-order valence-electron chi connectivity index (χ0n) is 13.6. The van der Waals surface area contributed by atoms with Gasteiger partial charge in [0.25, 0.3) is 0 Å². The van der Waals surface area contributed by atoms with Gasteiger partial charge in [0.05, 0.1) is 25.0 Å². The zero-order valence-corrected chi connectivity index (χ0v) is 13.6. The van der Waals surface area contributed by atoms with Gasteiger partial charge in [-0.15, -0.1) is 0 Å². The molecule has 1 N–H and O–H groups in total. The molecule has 118 valence electrons. The Morgan fingerprint density at radius 2 is 2.24 bits per heavy atom. The quantitative estimate of drug-likeness (QED) is 0.837. The number of nitrogens with zero attached hydrogens (tertiary/aromatic N) is 2. The minimum Gasteiger partial charge on any atom is -0.493 e. The summed E-state index contributed by atoms with van der Waals surface area (Å²) in [5, 5.41) is 8.33. The van der Waals surface area contributed by atoms with Gasteiger partial charge in [0.1, 0.15) is 0 Å². The van der Waals surface area contributed by atoms with Crippen LogP contribution in [0.3, 0.4) is 0 Å². The van der Waals surface area contributed by atoms with Gasteiger partial charge in [0, 0.05) is 6.54 Å². The molecule has 1 heterocycles. The molecule has 0 aliphatic heterocycles. The molecule has 21 heavy (non-hydrogen) atoms. The van der Waals surface area contributed by atoms with Gasteiger partial charge in [-0.1, -0.05) is 13.3 Å². The van der Waals surface area contributed by atoms with Gasteiger partial charge in [0.2, 0.25) is 0 Å². The third-order valence-corrected chi connectivity index (χ3v) is 5.49.